The second-order valence-corrected chi connectivity index (χ2v) is 17.2. The van der Waals surface area contributed by atoms with E-state index in [-0.39, 0.29) is 0 Å². The summed E-state index contributed by atoms with van der Waals surface area (Å²) in [5, 5.41) is 9.54. The summed E-state index contributed by atoms with van der Waals surface area (Å²) < 4.78 is 5.23. The summed E-state index contributed by atoms with van der Waals surface area (Å²) in [5.41, 5.74) is 11.4. The lowest BCUT2D eigenvalue weighted by Crippen LogP contribution is -2.47. The topological polar surface area (TPSA) is 4.93 Å². The SMILES string of the molecule is c1ccc([P@]2c3ccccc3C3(c4ccccc4-n4c5ccccc5c5cccc3c54)c3ccc(-c4cccc5c4sc4ccccc45)cc32)cc1. The minimum absolute atomic E-state index is 0.498. The maximum atomic E-state index is 2.57. The molecule has 2 aliphatic heterocycles. The summed E-state index contributed by atoms with van der Waals surface area (Å²) in [5.74, 6) is 0. The van der Waals surface area contributed by atoms with Crippen LogP contribution in [0.2, 0.25) is 0 Å². The molecule has 1 unspecified atom stereocenters. The van der Waals surface area contributed by atoms with Gasteiger partial charge in [-0.05, 0) is 81.5 Å². The molecule has 12 rings (SSSR count). The molecule has 4 heterocycles. The fraction of sp³-hybridized carbons (Fsp3) is 0.0204. The molecule has 10 aromatic rings. The summed E-state index contributed by atoms with van der Waals surface area (Å²) >= 11 is 1.91. The third kappa shape index (κ3) is 3.61. The number of rotatable bonds is 2. The molecule has 0 amide bonds. The Hall–Kier alpha value is -5.79. The van der Waals surface area contributed by atoms with Crippen molar-refractivity contribution in [2.45, 2.75) is 5.41 Å². The quantitative estimate of drug-likeness (QED) is 0.159. The van der Waals surface area contributed by atoms with Crippen LogP contribution in [0, 0.1) is 0 Å². The van der Waals surface area contributed by atoms with Crippen LogP contribution in [0.1, 0.15) is 22.3 Å². The molecule has 0 bridgehead atoms. The van der Waals surface area contributed by atoms with E-state index in [1.807, 2.05) is 11.3 Å². The van der Waals surface area contributed by atoms with Gasteiger partial charge in [-0.2, -0.15) is 0 Å². The van der Waals surface area contributed by atoms with Crippen LogP contribution in [0.15, 0.2) is 182 Å². The fourth-order valence-electron chi connectivity index (χ4n) is 9.57. The molecule has 0 N–H and O–H groups in total. The average molecular weight is 696 g/mol. The van der Waals surface area contributed by atoms with Gasteiger partial charge in [0.2, 0.25) is 0 Å². The summed E-state index contributed by atoms with van der Waals surface area (Å²) in [4.78, 5) is 0. The van der Waals surface area contributed by atoms with E-state index in [2.05, 4.69) is 187 Å². The minimum atomic E-state index is -0.857. The molecular weight excluding hydrogens is 666 g/mol. The number of nitrogens with zero attached hydrogens (tertiary/aromatic N) is 1. The van der Waals surface area contributed by atoms with Crippen molar-refractivity contribution < 1.29 is 0 Å². The fourth-order valence-corrected chi connectivity index (χ4v) is 13.6. The van der Waals surface area contributed by atoms with E-state index in [0.29, 0.717) is 0 Å². The number of aromatic nitrogens is 1. The highest BCUT2D eigenvalue weighted by Gasteiger charge is 2.51. The van der Waals surface area contributed by atoms with E-state index in [0.717, 1.165) is 0 Å². The molecule has 52 heavy (non-hydrogen) atoms. The summed E-state index contributed by atoms with van der Waals surface area (Å²) in [6, 6.07) is 68.9. The number of para-hydroxylation sites is 3. The number of benzene rings is 8. The summed E-state index contributed by atoms with van der Waals surface area (Å²) in [7, 11) is -0.857. The smallest absolute Gasteiger partial charge is 0.0755 e. The Morgan fingerprint density at radius 3 is 2.06 bits per heavy atom. The van der Waals surface area contributed by atoms with Crippen LogP contribution >= 0.6 is 19.3 Å². The maximum absolute atomic E-state index is 2.57. The van der Waals surface area contributed by atoms with Crippen molar-refractivity contribution in [3.05, 3.63) is 204 Å². The van der Waals surface area contributed by atoms with Crippen molar-refractivity contribution >= 4 is 77.2 Å². The van der Waals surface area contributed by atoms with Gasteiger partial charge in [0, 0.05) is 30.9 Å². The van der Waals surface area contributed by atoms with E-state index in [9.17, 15) is 0 Å². The molecule has 0 saturated carbocycles. The van der Waals surface area contributed by atoms with E-state index in [4.69, 9.17) is 0 Å². The lowest BCUT2D eigenvalue weighted by atomic mass is 9.62. The molecule has 8 aromatic carbocycles. The standard InChI is InChI=1S/C49H30NPS/c1-2-14-32(15-3-1)51-44-26-10-7-22-39(44)49(38-21-6-9-25-43(38)50-42-24-8-4-16-34(42)36-19-13-23-41(49)47(36)50)40-29-28-31(30-45(40)51)33-18-12-20-37-35-17-5-11-27-46(35)52-48(33)37/h1-30H/t49?,51-/m1/s1. The highest BCUT2D eigenvalue weighted by Crippen LogP contribution is 2.58. The normalized spacial score (nSPS) is 17.1. The monoisotopic (exact) mass is 695 g/mol. The van der Waals surface area contributed by atoms with Crippen molar-refractivity contribution in [2.75, 3.05) is 0 Å². The predicted octanol–water partition coefficient (Wildman–Crippen LogP) is 11.6. The van der Waals surface area contributed by atoms with Crippen molar-refractivity contribution in [1.82, 2.24) is 4.57 Å². The van der Waals surface area contributed by atoms with Crippen LogP contribution < -0.4 is 15.9 Å². The first-order valence-corrected chi connectivity index (χ1v) is 20.1. The molecule has 2 aliphatic rings. The molecule has 2 atom stereocenters. The molecule has 1 spiro atoms. The van der Waals surface area contributed by atoms with Crippen molar-refractivity contribution in [2.24, 2.45) is 0 Å². The van der Waals surface area contributed by atoms with Gasteiger partial charge in [-0.25, -0.2) is 0 Å². The Morgan fingerprint density at radius 2 is 1.13 bits per heavy atom. The average Bonchev–Trinajstić information content (AvgIpc) is 3.76. The van der Waals surface area contributed by atoms with Gasteiger partial charge in [-0.3, -0.25) is 0 Å². The van der Waals surface area contributed by atoms with Crippen molar-refractivity contribution in [1.29, 1.82) is 0 Å². The molecule has 0 fully saturated rings. The van der Waals surface area contributed by atoms with Gasteiger partial charge in [-0.1, -0.05) is 158 Å². The second kappa shape index (κ2) is 10.6. The molecule has 1 nitrogen and oxygen atoms in total. The third-order valence-corrected chi connectivity index (χ3v) is 15.3. The zero-order valence-corrected chi connectivity index (χ0v) is 29.8. The molecule has 0 saturated heterocycles. The Labute approximate surface area is 306 Å². The first-order valence-electron chi connectivity index (χ1n) is 17.9. The zero-order valence-electron chi connectivity index (χ0n) is 28.1. The number of fused-ring (bicyclic) bond motifs is 14. The number of hydrogen-bond donors (Lipinski definition) is 0. The first-order chi connectivity index (χ1) is 25.8. The molecule has 242 valence electrons. The lowest BCUT2D eigenvalue weighted by molar-refractivity contribution is 0.734. The van der Waals surface area contributed by atoms with Gasteiger partial charge in [0.25, 0.3) is 0 Å². The second-order valence-electron chi connectivity index (χ2n) is 14.0. The minimum Gasteiger partial charge on any atom is -0.309 e. The van der Waals surface area contributed by atoms with E-state index >= 15 is 0 Å². The Bertz CT molecular complexity index is 3100. The Morgan fingerprint density at radius 1 is 0.462 bits per heavy atom. The molecular formula is C49H30NPS. The van der Waals surface area contributed by atoms with Gasteiger partial charge >= 0.3 is 0 Å². The third-order valence-electron chi connectivity index (χ3n) is 11.6. The predicted molar refractivity (Wildman–Crippen MR) is 223 cm³/mol. The van der Waals surface area contributed by atoms with Crippen molar-refractivity contribution in [3.8, 4) is 16.8 Å². The zero-order chi connectivity index (χ0) is 34.0. The van der Waals surface area contributed by atoms with E-state index in [1.165, 1.54) is 97.0 Å². The maximum Gasteiger partial charge on any atom is 0.0755 e. The summed E-state index contributed by atoms with van der Waals surface area (Å²) in [6.45, 7) is 0. The van der Waals surface area contributed by atoms with Gasteiger partial charge in [0.1, 0.15) is 0 Å². The highest BCUT2D eigenvalue weighted by atomic mass is 32.1. The van der Waals surface area contributed by atoms with Crippen LogP contribution in [-0.2, 0) is 5.41 Å². The Balaban J connectivity index is 1.24. The Kier molecular flexibility index (Phi) is 5.89. The van der Waals surface area contributed by atoms with Crippen LogP contribution in [0.25, 0.3) is 58.8 Å². The van der Waals surface area contributed by atoms with Crippen molar-refractivity contribution in [3.63, 3.8) is 0 Å². The summed E-state index contributed by atoms with van der Waals surface area (Å²) in [6.07, 6.45) is 0. The number of thiophene rings is 1. The molecule has 2 aromatic heterocycles. The van der Waals surface area contributed by atoms with Gasteiger partial charge in [-0.15, -0.1) is 11.3 Å². The van der Waals surface area contributed by atoms with Crippen LogP contribution in [-0.4, -0.2) is 4.57 Å². The van der Waals surface area contributed by atoms with Gasteiger partial charge in [0.05, 0.1) is 22.1 Å². The van der Waals surface area contributed by atoms with Gasteiger partial charge < -0.3 is 4.57 Å². The highest BCUT2D eigenvalue weighted by molar-refractivity contribution is 7.80. The molecule has 0 radical (unpaired) electrons. The lowest BCUT2D eigenvalue weighted by Gasteiger charge is -2.48. The number of hydrogen-bond acceptors (Lipinski definition) is 1. The van der Waals surface area contributed by atoms with Crippen LogP contribution in [0.5, 0.6) is 0 Å². The molecule has 0 aliphatic carbocycles. The van der Waals surface area contributed by atoms with Gasteiger partial charge in [0.15, 0.2) is 0 Å². The molecule has 3 heteroatoms. The van der Waals surface area contributed by atoms with E-state index in [1.54, 1.807) is 0 Å². The first kappa shape index (κ1) is 28.9. The van der Waals surface area contributed by atoms with E-state index < -0.39 is 13.3 Å². The van der Waals surface area contributed by atoms with Crippen LogP contribution in [0.3, 0.4) is 0 Å². The van der Waals surface area contributed by atoms with Crippen LogP contribution in [0.4, 0.5) is 0 Å². The largest absolute Gasteiger partial charge is 0.309 e.